The zero-order chi connectivity index (χ0) is 29.6. The minimum absolute atomic E-state index is 0.0670. The van der Waals surface area contributed by atoms with Crippen molar-refractivity contribution in [3.05, 3.63) is 91.5 Å². The Labute approximate surface area is 241 Å². The Balaban J connectivity index is 0.000000511. The van der Waals surface area contributed by atoms with Crippen LogP contribution in [-0.2, 0) is 9.53 Å². The Morgan fingerprint density at radius 3 is 2.27 bits per heavy atom. The number of nitrogens with one attached hydrogen (secondary N) is 1. The summed E-state index contributed by atoms with van der Waals surface area (Å²) in [7, 11) is 1.38. The third-order valence-corrected chi connectivity index (χ3v) is 8.49. The number of ether oxygens (including phenoxy) is 1. The van der Waals surface area contributed by atoms with Crippen LogP contribution in [0.5, 0.6) is 0 Å². The average Bonchev–Trinajstić information content (AvgIpc) is 3.72. The molecule has 41 heavy (non-hydrogen) atoms. The number of aliphatic hydroxyl groups is 2. The van der Waals surface area contributed by atoms with E-state index in [0.717, 1.165) is 91.9 Å². The van der Waals surface area contributed by atoms with Gasteiger partial charge in [0.1, 0.15) is 5.76 Å². The molecule has 8 heteroatoms. The molecular formula is C33H38N4O4. The first-order valence-corrected chi connectivity index (χ1v) is 14.2. The van der Waals surface area contributed by atoms with E-state index in [9.17, 15) is 15.0 Å². The molecule has 6 rings (SSSR count). The van der Waals surface area contributed by atoms with Gasteiger partial charge in [-0.2, -0.15) is 0 Å². The number of carbonyl (C=O) groups is 1. The van der Waals surface area contributed by atoms with E-state index in [-0.39, 0.29) is 18.5 Å². The maximum atomic E-state index is 10.9. The monoisotopic (exact) mass is 554 g/mol. The molecule has 1 atom stereocenters. The second kappa shape index (κ2) is 11.1. The van der Waals surface area contributed by atoms with Gasteiger partial charge in [0.25, 0.3) is 0 Å². The highest BCUT2D eigenvalue weighted by molar-refractivity contribution is 6.21. The number of hydrogen-bond acceptors (Lipinski definition) is 8. The van der Waals surface area contributed by atoms with Crippen molar-refractivity contribution >= 4 is 23.1 Å². The molecule has 3 N–H and O–H groups in total. The van der Waals surface area contributed by atoms with Gasteiger partial charge in [0.05, 0.1) is 47.9 Å². The number of aliphatic hydroxyl groups excluding tert-OH is 2. The summed E-state index contributed by atoms with van der Waals surface area (Å²) in [5, 5.41) is 24.7. The van der Waals surface area contributed by atoms with Crippen LogP contribution in [0.3, 0.4) is 0 Å². The molecule has 0 amide bonds. The predicted molar refractivity (Wildman–Crippen MR) is 163 cm³/mol. The van der Waals surface area contributed by atoms with Gasteiger partial charge in [0, 0.05) is 46.9 Å². The molecule has 1 fully saturated rings. The molecule has 0 aromatic carbocycles. The lowest BCUT2D eigenvalue weighted by Gasteiger charge is -2.07. The number of aliphatic imine (C=N–C) groups is 3. The van der Waals surface area contributed by atoms with Crippen LogP contribution in [0.2, 0.25) is 0 Å². The van der Waals surface area contributed by atoms with Crippen LogP contribution in [0.15, 0.2) is 106 Å². The molecule has 6 aliphatic rings. The SMILES string of the molecule is CCC(=O)OC.CCC1=C(C)C2=NC1=CC1=C(C)C3=C(O)CC(=C4CC(C)C(=CC5=NC(=C2)C(CO)=C5C)N4)C3=N1. The first-order chi connectivity index (χ1) is 19.6. The van der Waals surface area contributed by atoms with Crippen molar-refractivity contribution in [1.29, 1.82) is 0 Å². The highest BCUT2D eigenvalue weighted by Crippen LogP contribution is 2.43. The highest BCUT2D eigenvalue weighted by Gasteiger charge is 2.37. The summed E-state index contributed by atoms with van der Waals surface area (Å²) in [5.41, 5.74) is 14.4. The number of methoxy groups -OCH3 is 1. The Bertz CT molecular complexity index is 1590. The third kappa shape index (κ3) is 4.90. The third-order valence-electron chi connectivity index (χ3n) is 8.49. The molecule has 5 heterocycles. The van der Waals surface area contributed by atoms with Gasteiger partial charge in [-0.25, -0.2) is 15.0 Å². The Kier molecular flexibility index (Phi) is 7.70. The van der Waals surface area contributed by atoms with Crippen molar-refractivity contribution in [2.45, 2.75) is 67.2 Å². The molecule has 8 bridgehead atoms. The first-order valence-electron chi connectivity index (χ1n) is 14.2. The highest BCUT2D eigenvalue weighted by atomic mass is 16.5. The topological polar surface area (TPSA) is 116 Å². The summed E-state index contributed by atoms with van der Waals surface area (Å²) in [6, 6.07) is 0. The summed E-state index contributed by atoms with van der Waals surface area (Å²) in [6.07, 6.45) is 8.83. The molecule has 1 aliphatic carbocycles. The fourth-order valence-electron chi connectivity index (χ4n) is 5.98. The van der Waals surface area contributed by atoms with Crippen molar-refractivity contribution in [3.8, 4) is 0 Å². The number of hydrogen-bond donors (Lipinski definition) is 3. The van der Waals surface area contributed by atoms with Crippen LogP contribution in [0.4, 0.5) is 0 Å². The maximum absolute atomic E-state index is 10.9. The molecule has 214 valence electrons. The minimum Gasteiger partial charge on any atom is -0.511 e. The van der Waals surface area contributed by atoms with E-state index in [4.69, 9.17) is 15.0 Å². The van der Waals surface area contributed by atoms with Gasteiger partial charge in [-0.05, 0) is 74.1 Å². The van der Waals surface area contributed by atoms with Gasteiger partial charge in [-0.15, -0.1) is 0 Å². The normalized spacial score (nSPS) is 22.8. The van der Waals surface area contributed by atoms with E-state index in [2.05, 4.69) is 43.0 Å². The van der Waals surface area contributed by atoms with Crippen LogP contribution >= 0.6 is 0 Å². The summed E-state index contributed by atoms with van der Waals surface area (Å²) in [6.45, 7) is 12.2. The maximum Gasteiger partial charge on any atom is 0.305 e. The van der Waals surface area contributed by atoms with Gasteiger partial charge in [0.2, 0.25) is 0 Å². The Morgan fingerprint density at radius 2 is 1.66 bits per heavy atom. The van der Waals surface area contributed by atoms with Gasteiger partial charge in [0.15, 0.2) is 0 Å². The van der Waals surface area contributed by atoms with Crippen molar-refractivity contribution in [2.24, 2.45) is 20.9 Å². The lowest BCUT2D eigenvalue weighted by Crippen LogP contribution is -2.11. The molecule has 0 aromatic heterocycles. The Morgan fingerprint density at radius 1 is 1.00 bits per heavy atom. The lowest BCUT2D eigenvalue weighted by atomic mass is 9.99. The van der Waals surface area contributed by atoms with Crippen LogP contribution in [-0.4, -0.2) is 47.0 Å². The van der Waals surface area contributed by atoms with E-state index in [1.54, 1.807) is 6.92 Å². The largest absolute Gasteiger partial charge is 0.511 e. The number of fused-ring (bicyclic) bond motifs is 5. The summed E-state index contributed by atoms with van der Waals surface area (Å²) >= 11 is 0. The number of allylic oxidation sites excluding steroid dienone is 11. The number of rotatable bonds is 3. The van der Waals surface area contributed by atoms with Gasteiger partial charge >= 0.3 is 5.97 Å². The zero-order valence-corrected chi connectivity index (χ0v) is 24.9. The van der Waals surface area contributed by atoms with Crippen molar-refractivity contribution < 1.29 is 19.7 Å². The molecule has 0 aromatic rings. The summed E-state index contributed by atoms with van der Waals surface area (Å²) in [4.78, 5) is 24.9. The zero-order valence-electron chi connectivity index (χ0n) is 24.9. The van der Waals surface area contributed by atoms with Gasteiger partial charge < -0.3 is 20.3 Å². The van der Waals surface area contributed by atoms with E-state index in [0.29, 0.717) is 18.6 Å². The van der Waals surface area contributed by atoms with E-state index >= 15 is 0 Å². The average molecular weight is 555 g/mol. The van der Waals surface area contributed by atoms with Crippen LogP contribution < -0.4 is 5.32 Å². The fraction of sp³-hybridized carbons (Fsp3) is 0.394. The second-order valence-corrected chi connectivity index (χ2v) is 11.0. The number of nitrogens with zero attached hydrogens (tertiary/aromatic N) is 3. The standard InChI is InChI=1S/C29H30N4O2.C4H8O2/c1-6-17-14(3)22-10-26-19(12-34)15(4)21(32-26)9-20-13(2)7-24(30-20)18-8-27(35)28-16(5)23(33-29(18)28)11-25(17)31-22;1-3-4(5)6-2/h9-11,13,30,34-35H,6-8,12H2,1-5H3;3H2,1-2H3. The quantitative estimate of drug-likeness (QED) is 0.371. The first kappa shape index (κ1) is 28.5. The molecule has 0 radical (unpaired) electrons. The Hall–Kier alpha value is -4.04. The molecule has 8 nitrogen and oxygen atoms in total. The smallest absolute Gasteiger partial charge is 0.305 e. The van der Waals surface area contributed by atoms with Crippen molar-refractivity contribution in [1.82, 2.24) is 5.32 Å². The minimum atomic E-state index is -0.157. The molecular weight excluding hydrogens is 516 g/mol. The van der Waals surface area contributed by atoms with Gasteiger partial charge in [-0.1, -0.05) is 20.8 Å². The van der Waals surface area contributed by atoms with E-state index < -0.39 is 0 Å². The molecule has 0 saturated carbocycles. The van der Waals surface area contributed by atoms with Crippen LogP contribution in [0.1, 0.15) is 67.2 Å². The van der Waals surface area contributed by atoms with Crippen LogP contribution in [0.25, 0.3) is 0 Å². The number of carbonyl (C=O) groups excluding carboxylic acids is 1. The molecule has 0 spiro atoms. The molecule has 5 aliphatic heterocycles. The van der Waals surface area contributed by atoms with Crippen molar-refractivity contribution in [3.63, 3.8) is 0 Å². The van der Waals surface area contributed by atoms with Crippen molar-refractivity contribution in [2.75, 3.05) is 13.7 Å². The van der Waals surface area contributed by atoms with E-state index in [1.807, 2.05) is 19.9 Å². The number of esters is 1. The predicted octanol–water partition coefficient (Wildman–Crippen LogP) is 5.99. The van der Waals surface area contributed by atoms with Gasteiger partial charge in [-0.3, -0.25) is 4.79 Å². The van der Waals surface area contributed by atoms with Crippen LogP contribution in [0, 0.1) is 5.92 Å². The second-order valence-electron chi connectivity index (χ2n) is 11.0. The lowest BCUT2D eigenvalue weighted by molar-refractivity contribution is -0.140. The summed E-state index contributed by atoms with van der Waals surface area (Å²) in [5.74, 6) is 0.521. The fourth-order valence-corrected chi connectivity index (χ4v) is 5.98. The summed E-state index contributed by atoms with van der Waals surface area (Å²) < 4.78 is 4.26. The molecule has 1 saturated heterocycles. The van der Waals surface area contributed by atoms with E-state index in [1.165, 1.54) is 12.7 Å². The molecule has 1 unspecified atom stereocenters.